The van der Waals surface area contributed by atoms with Crippen LogP contribution >= 0.6 is 11.8 Å². The van der Waals surface area contributed by atoms with Gasteiger partial charge in [0.25, 0.3) is 0 Å². The highest BCUT2D eigenvalue weighted by Gasteiger charge is 2.23. The second-order valence-corrected chi connectivity index (χ2v) is 5.16. The number of hydrogen-bond acceptors (Lipinski definition) is 3. The fourth-order valence-corrected chi connectivity index (χ4v) is 3.01. The summed E-state index contributed by atoms with van der Waals surface area (Å²) in [5.74, 6) is 0.771. The molecule has 1 aliphatic rings. The Morgan fingerprint density at radius 1 is 1.24 bits per heavy atom. The molecular formula is C13H11FN2S. The number of hydrogen-bond donors (Lipinski definition) is 1. The zero-order chi connectivity index (χ0) is 11.7. The number of pyridine rings is 1. The summed E-state index contributed by atoms with van der Waals surface area (Å²) in [5, 5.41) is 3.63. The van der Waals surface area contributed by atoms with Gasteiger partial charge in [0.1, 0.15) is 11.6 Å². The third-order valence-corrected chi connectivity index (χ3v) is 3.98. The number of aromatic nitrogens is 1. The molecule has 1 atom stereocenters. The Kier molecular flexibility index (Phi) is 2.73. The summed E-state index contributed by atoms with van der Waals surface area (Å²) in [7, 11) is 0. The molecule has 86 valence electrons. The van der Waals surface area contributed by atoms with E-state index < -0.39 is 0 Å². The van der Waals surface area contributed by atoms with E-state index in [1.165, 1.54) is 17.7 Å². The van der Waals surface area contributed by atoms with Crippen LogP contribution in [0.2, 0.25) is 0 Å². The van der Waals surface area contributed by atoms with Crippen molar-refractivity contribution < 1.29 is 4.39 Å². The van der Waals surface area contributed by atoms with E-state index in [1.54, 1.807) is 18.0 Å². The largest absolute Gasteiger partial charge is 0.368 e. The van der Waals surface area contributed by atoms with E-state index >= 15 is 0 Å². The zero-order valence-corrected chi connectivity index (χ0v) is 9.88. The van der Waals surface area contributed by atoms with Crippen molar-refractivity contribution in [1.82, 2.24) is 4.98 Å². The van der Waals surface area contributed by atoms with Crippen molar-refractivity contribution in [3.8, 4) is 0 Å². The maximum atomic E-state index is 12.8. The van der Waals surface area contributed by atoms with E-state index in [-0.39, 0.29) is 5.82 Å². The smallest absolute Gasteiger partial charge is 0.130 e. The van der Waals surface area contributed by atoms with Crippen LogP contribution in [0.3, 0.4) is 0 Å². The van der Waals surface area contributed by atoms with Crippen molar-refractivity contribution >= 4 is 17.6 Å². The molecule has 17 heavy (non-hydrogen) atoms. The summed E-state index contributed by atoms with van der Waals surface area (Å²) in [4.78, 5) is 5.36. The van der Waals surface area contributed by atoms with Crippen LogP contribution in [-0.4, -0.2) is 11.5 Å². The van der Waals surface area contributed by atoms with Crippen LogP contribution in [0.1, 0.15) is 10.8 Å². The van der Waals surface area contributed by atoms with E-state index in [4.69, 9.17) is 0 Å². The Hall–Kier alpha value is -1.55. The van der Waals surface area contributed by atoms with E-state index in [0.29, 0.717) is 5.25 Å². The molecule has 2 nitrogen and oxygen atoms in total. The summed E-state index contributed by atoms with van der Waals surface area (Å²) in [6, 6.07) is 10.7. The van der Waals surface area contributed by atoms with Gasteiger partial charge >= 0.3 is 0 Å². The molecule has 2 heterocycles. The van der Waals surface area contributed by atoms with E-state index in [1.807, 2.05) is 18.2 Å². The molecule has 0 saturated carbocycles. The van der Waals surface area contributed by atoms with Crippen LogP contribution < -0.4 is 5.32 Å². The van der Waals surface area contributed by atoms with Crippen LogP contribution in [-0.2, 0) is 0 Å². The topological polar surface area (TPSA) is 24.9 Å². The van der Waals surface area contributed by atoms with Gasteiger partial charge in [-0.25, -0.2) is 9.37 Å². The fourth-order valence-electron chi connectivity index (χ4n) is 1.91. The Labute approximate surface area is 103 Å². The number of nitrogens with zero attached hydrogens (tertiary/aromatic N) is 1. The molecule has 2 aromatic rings. The van der Waals surface area contributed by atoms with Gasteiger partial charge in [-0.15, -0.1) is 11.8 Å². The lowest BCUT2D eigenvalue weighted by atomic mass is 10.2. The Balaban J connectivity index is 1.81. The van der Waals surface area contributed by atoms with Crippen LogP contribution in [0.5, 0.6) is 0 Å². The second kappa shape index (κ2) is 4.37. The predicted octanol–water partition coefficient (Wildman–Crippen LogP) is 3.48. The minimum absolute atomic E-state index is 0.194. The maximum Gasteiger partial charge on any atom is 0.130 e. The SMILES string of the molecule is Fc1ccc(SC2CNc3ncccc32)cc1. The van der Waals surface area contributed by atoms with Crippen molar-refractivity contribution in [2.24, 2.45) is 0 Å². The first kappa shape index (κ1) is 10.6. The molecule has 0 spiro atoms. The van der Waals surface area contributed by atoms with Crippen LogP contribution in [0.15, 0.2) is 47.5 Å². The number of anilines is 1. The standard InChI is InChI=1S/C13H11FN2S/c14-9-3-5-10(6-4-9)17-12-8-16-13-11(12)2-1-7-15-13/h1-7,12H,8H2,(H,15,16). The minimum Gasteiger partial charge on any atom is -0.368 e. The Morgan fingerprint density at radius 3 is 2.88 bits per heavy atom. The predicted molar refractivity (Wildman–Crippen MR) is 67.7 cm³/mol. The lowest BCUT2D eigenvalue weighted by Crippen LogP contribution is -1.97. The van der Waals surface area contributed by atoms with Crippen LogP contribution in [0.25, 0.3) is 0 Å². The number of benzene rings is 1. The summed E-state index contributed by atoms with van der Waals surface area (Å²) < 4.78 is 12.8. The zero-order valence-electron chi connectivity index (χ0n) is 9.06. The average molecular weight is 246 g/mol. The first-order chi connectivity index (χ1) is 8.33. The lowest BCUT2D eigenvalue weighted by molar-refractivity contribution is 0.626. The van der Waals surface area contributed by atoms with Gasteiger partial charge in [-0.2, -0.15) is 0 Å². The molecule has 0 bridgehead atoms. The van der Waals surface area contributed by atoms with E-state index in [0.717, 1.165) is 17.3 Å². The molecule has 0 saturated heterocycles. The minimum atomic E-state index is -0.194. The molecule has 1 aromatic heterocycles. The molecule has 1 N–H and O–H groups in total. The molecule has 0 amide bonds. The van der Waals surface area contributed by atoms with Gasteiger partial charge in [-0.05, 0) is 30.3 Å². The lowest BCUT2D eigenvalue weighted by Gasteiger charge is -2.09. The van der Waals surface area contributed by atoms with Gasteiger partial charge in [0, 0.05) is 23.2 Å². The molecule has 0 fully saturated rings. The number of rotatable bonds is 2. The second-order valence-electron chi connectivity index (χ2n) is 3.88. The van der Waals surface area contributed by atoms with Crippen molar-refractivity contribution in [1.29, 1.82) is 0 Å². The van der Waals surface area contributed by atoms with Crippen molar-refractivity contribution in [2.75, 3.05) is 11.9 Å². The van der Waals surface area contributed by atoms with Crippen LogP contribution in [0, 0.1) is 5.82 Å². The molecule has 1 aliphatic heterocycles. The molecule has 1 aromatic carbocycles. The Bertz CT molecular complexity index is 527. The van der Waals surface area contributed by atoms with E-state index in [9.17, 15) is 4.39 Å². The molecule has 1 unspecified atom stereocenters. The quantitative estimate of drug-likeness (QED) is 0.878. The van der Waals surface area contributed by atoms with Gasteiger partial charge in [0.15, 0.2) is 0 Å². The first-order valence-electron chi connectivity index (χ1n) is 5.44. The van der Waals surface area contributed by atoms with Crippen molar-refractivity contribution in [3.05, 3.63) is 54.0 Å². The normalized spacial score (nSPS) is 17.6. The van der Waals surface area contributed by atoms with Crippen molar-refractivity contribution in [2.45, 2.75) is 10.1 Å². The molecule has 0 radical (unpaired) electrons. The summed E-state index contributed by atoms with van der Waals surface area (Å²) in [6.45, 7) is 0.869. The van der Waals surface area contributed by atoms with Crippen LogP contribution in [0.4, 0.5) is 10.2 Å². The van der Waals surface area contributed by atoms with Gasteiger partial charge in [-0.1, -0.05) is 6.07 Å². The highest BCUT2D eigenvalue weighted by Crippen LogP contribution is 2.41. The van der Waals surface area contributed by atoms with Gasteiger partial charge in [0.05, 0.1) is 5.25 Å². The maximum absolute atomic E-state index is 12.8. The van der Waals surface area contributed by atoms with Gasteiger partial charge in [0.2, 0.25) is 0 Å². The number of nitrogens with one attached hydrogen (secondary N) is 1. The highest BCUT2D eigenvalue weighted by atomic mass is 32.2. The molecular weight excluding hydrogens is 235 g/mol. The highest BCUT2D eigenvalue weighted by molar-refractivity contribution is 7.99. The monoisotopic (exact) mass is 246 g/mol. The third kappa shape index (κ3) is 2.13. The molecule has 0 aliphatic carbocycles. The number of halogens is 1. The number of thioether (sulfide) groups is 1. The van der Waals surface area contributed by atoms with Crippen molar-refractivity contribution in [3.63, 3.8) is 0 Å². The molecule has 3 rings (SSSR count). The Morgan fingerprint density at radius 2 is 2.06 bits per heavy atom. The third-order valence-electron chi connectivity index (χ3n) is 2.73. The first-order valence-corrected chi connectivity index (χ1v) is 6.32. The summed E-state index contributed by atoms with van der Waals surface area (Å²) in [5.41, 5.74) is 1.22. The molecule has 4 heteroatoms. The average Bonchev–Trinajstić information content (AvgIpc) is 2.76. The fraction of sp³-hybridized carbons (Fsp3) is 0.154. The number of fused-ring (bicyclic) bond motifs is 1. The summed E-state index contributed by atoms with van der Waals surface area (Å²) >= 11 is 1.73. The van der Waals surface area contributed by atoms with E-state index in [2.05, 4.69) is 16.4 Å². The van der Waals surface area contributed by atoms with Gasteiger partial charge in [-0.3, -0.25) is 0 Å². The summed E-state index contributed by atoms with van der Waals surface area (Å²) in [6.07, 6.45) is 1.79. The van der Waals surface area contributed by atoms with Gasteiger partial charge < -0.3 is 5.32 Å².